The Bertz CT molecular complexity index is 2990. The van der Waals surface area contributed by atoms with Crippen LogP contribution in [0.5, 0.6) is 11.5 Å². The van der Waals surface area contributed by atoms with Gasteiger partial charge in [0, 0.05) is 37.4 Å². The highest BCUT2D eigenvalue weighted by atomic mass is 16.5. The van der Waals surface area contributed by atoms with Crippen LogP contribution in [-0.2, 0) is 28.8 Å². The van der Waals surface area contributed by atoms with Gasteiger partial charge in [-0.25, -0.2) is 0 Å². The topological polar surface area (TPSA) is 410 Å². The third-order valence-corrected chi connectivity index (χ3v) is 15.9. The predicted molar refractivity (Wildman–Crippen MR) is 312 cm³/mol. The lowest BCUT2D eigenvalue weighted by Crippen LogP contribution is -2.65. The summed E-state index contributed by atoms with van der Waals surface area (Å²) < 4.78 is 5.85. The maximum atomic E-state index is 14.7. The minimum Gasteiger partial charge on any atom is -0.508 e. The van der Waals surface area contributed by atoms with Crippen LogP contribution in [0.3, 0.4) is 0 Å². The first kappa shape index (κ1) is 66.9. The number of aliphatic hydroxyl groups excluding tert-OH is 9. The molecule has 6 unspecified atom stereocenters. The van der Waals surface area contributed by atoms with Gasteiger partial charge in [0.15, 0.2) is 0 Å². The average Bonchev–Trinajstić information content (AvgIpc) is 1.95. The minimum absolute atomic E-state index is 0.000245. The van der Waals surface area contributed by atoms with Crippen molar-refractivity contribution in [1.82, 2.24) is 41.7 Å². The SMILES string of the molecule is CCCCCOc1ccc(-c2ccc(-c3ccc(C(=O)N[C@H]4C[C@@H](O)C(NC(CO)CO)NC(=O)C5[C@@H](O)[C@@H](C)CN5C(=O)C([C@@H](C)O)NC(=O)C([C@H](O)[C@@H](O)c5ccc(O)cc5)NC(=O)C5C[C@@H](O)CN5C(=O)C([C@@H](C)O)NC4=O)cc3)cc2)cc1. The van der Waals surface area contributed by atoms with Gasteiger partial charge in [0.2, 0.25) is 35.4 Å². The number of aromatic hydroxyl groups is 1. The van der Waals surface area contributed by atoms with Gasteiger partial charge >= 0.3 is 0 Å². The van der Waals surface area contributed by atoms with Crippen molar-refractivity contribution >= 4 is 41.4 Å². The molecule has 7 rings (SSSR count). The molecule has 87 heavy (non-hydrogen) atoms. The highest BCUT2D eigenvalue weighted by molar-refractivity contribution is 6.00. The van der Waals surface area contributed by atoms with Crippen LogP contribution in [0.4, 0.5) is 0 Å². The molecule has 0 saturated carbocycles. The Kier molecular flexibility index (Phi) is 23.3. The van der Waals surface area contributed by atoms with Crippen molar-refractivity contribution in [1.29, 1.82) is 0 Å². The number of phenols is 1. The first-order valence-corrected chi connectivity index (χ1v) is 29.0. The molecule has 0 aromatic heterocycles. The highest BCUT2D eigenvalue weighted by Gasteiger charge is 2.50. The summed E-state index contributed by atoms with van der Waals surface area (Å²) in [5.41, 5.74) is 3.32. The van der Waals surface area contributed by atoms with Crippen molar-refractivity contribution < 1.29 is 89.4 Å². The number of phenolic OH excluding ortho intramolecular Hbond substituents is 1. The van der Waals surface area contributed by atoms with Crippen LogP contribution in [-0.4, -0.2) is 220 Å². The van der Waals surface area contributed by atoms with Crippen LogP contribution < -0.4 is 36.6 Å². The second-order valence-electron chi connectivity index (χ2n) is 22.5. The Balaban J connectivity index is 1.23. The van der Waals surface area contributed by atoms with Crippen LogP contribution >= 0.6 is 0 Å². The number of hydrogen-bond donors (Lipinski definition) is 16. The summed E-state index contributed by atoms with van der Waals surface area (Å²) in [7, 11) is 0. The first-order chi connectivity index (χ1) is 41.4. The van der Waals surface area contributed by atoms with Gasteiger partial charge in [-0.1, -0.05) is 87.4 Å². The van der Waals surface area contributed by atoms with Gasteiger partial charge in [-0.2, -0.15) is 0 Å². The van der Waals surface area contributed by atoms with E-state index in [4.69, 9.17) is 4.74 Å². The van der Waals surface area contributed by atoms with Crippen LogP contribution in [0.15, 0.2) is 97.1 Å². The van der Waals surface area contributed by atoms with Crippen LogP contribution in [0.2, 0.25) is 0 Å². The van der Waals surface area contributed by atoms with Gasteiger partial charge in [-0.15, -0.1) is 0 Å². The predicted octanol–water partition coefficient (Wildman–Crippen LogP) is -1.98. The normalized spacial score (nSPS) is 26.7. The van der Waals surface area contributed by atoms with E-state index in [0.717, 1.165) is 77.5 Å². The standard InChI is InChI=1S/C61H80N8O18/c1-5-6-7-24-87-43-22-18-37(19-23-43)35-10-8-34(9-11-35)36-12-14-39(15-13-36)55(80)63-44-26-46(76)54(62-40(29-70)30-71)67-59(84)50-51(77)31(2)27-69(50)61(86)48(33(4)73)65-58(83)49(53(79)52(78)38-16-20-41(74)21-17-38)66-57(82)45-25-42(75)28-68(45)60(85)47(32(3)72)64-56(44)81/h8-23,31-33,40,42,44-54,62,70-79H,5-7,24-30H2,1-4H3,(H,63,80)(H,64,81)(H,65,83)(H,66,82)(H,67,84)/t31-,32+,33+,42+,44-,45?,46+,47?,48?,49?,50?,51-,52-,53-,54?/m0/s1. The summed E-state index contributed by atoms with van der Waals surface area (Å²) in [6.45, 7) is 3.83. The van der Waals surface area contributed by atoms with Gasteiger partial charge in [0.25, 0.3) is 5.91 Å². The van der Waals surface area contributed by atoms with Gasteiger partial charge in [-0.05, 0) is 84.5 Å². The Morgan fingerprint density at radius 1 is 0.644 bits per heavy atom. The van der Waals surface area contributed by atoms with Crippen molar-refractivity contribution in [2.75, 3.05) is 32.9 Å². The molecule has 0 spiro atoms. The molecular weight excluding hydrogens is 1130 g/mol. The fourth-order valence-electron chi connectivity index (χ4n) is 10.8. The van der Waals surface area contributed by atoms with Gasteiger partial charge in [0.05, 0.1) is 56.4 Å². The molecule has 0 bridgehead atoms. The number of amides is 7. The summed E-state index contributed by atoms with van der Waals surface area (Å²) in [5, 5.41) is 125. The van der Waals surface area contributed by atoms with E-state index >= 15 is 0 Å². The number of aliphatic hydroxyl groups is 9. The molecule has 0 aliphatic carbocycles. The number of nitrogens with zero attached hydrogens (tertiary/aromatic N) is 2. The number of hydrogen-bond acceptors (Lipinski definition) is 19. The molecule has 15 atom stereocenters. The van der Waals surface area contributed by atoms with Crippen molar-refractivity contribution in [3.63, 3.8) is 0 Å². The second kappa shape index (κ2) is 30.3. The number of unbranched alkanes of at least 4 members (excludes halogenated alkanes) is 2. The number of benzene rings is 4. The number of ether oxygens (including phenoxy) is 1. The van der Waals surface area contributed by atoms with Gasteiger partial charge in [0.1, 0.15) is 66.1 Å². The number of fused-ring (bicyclic) bond motifs is 2. The molecule has 7 amide bonds. The summed E-state index contributed by atoms with van der Waals surface area (Å²) in [4.78, 5) is 103. The molecule has 3 aliphatic rings. The maximum absolute atomic E-state index is 14.7. The van der Waals surface area contributed by atoms with E-state index in [1.54, 1.807) is 12.1 Å². The molecular formula is C61H80N8O18. The zero-order chi connectivity index (χ0) is 63.4. The second-order valence-corrected chi connectivity index (χ2v) is 22.5. The summed E-state index contributed by atoms with van der Waals surface area (Å²) in [5.74, 6) is -8.69. The molecule has 4 aromatic rings. The van der Waals surface area contributed by atoms with E-state index in [1.165, 1.54) is 31.2 Å². The quantitative estimate of drug-likeness (QED) is 0.0480. The van der Waals surface area contributed by atoms with E-state index in [-0.39, 0.29) is 23.4 Å². The van der Waals surface area contributed by atoms with E-state index in [9.17, 15) is 84.6 Å². The molecule has 26 heteroatoms. The Hall–Kier alpha value is -7.63. The van der Waals surface area contributed by atoms with Crippen LogP contribution in [0.1, 0.15) is 81.8 Å². The van der Waals surface area contributed by atoms with Crippen LogP contribution in [0.25, 0.3) is 22.3 Å². The molecule has 4 aromatic carbocycles. The monoisotopic (exact) mass is 1210 g/mol. The molecule has 3 fully saturated rings. The average molecular weight is 1210 g/mol. The minimum atomic E-state index is -2.31. The van der Waals surface area contributed by atoms with E-state index in [2.05, 4.69) is 38.8 Å². The third kappa shape index (κ3) is 16.5. The molecule has 472 valence electrons. The van der Waals surface area contributed by atoms with Gasteiger partial charge < -0.3 is 92.2 Å². The number of carbonyl (C=O) groups excluding carboxylic acids is 7. The van der Waals surface area contributed by atoms with Crippen molar-refractivity contribution in [2.45, 2.75) is 151 Å². The Morgan fingerprint density at radius 2 is 1.17 bits per heavy atom. The lowest BCUT2D eigenvalue weighted by molar-refractivity contribution is -0.148. The maximum Gasteiger partial charge on any atom is 0.251 e. The van der Waals surface area contributed by atoms with E-state index in [1.807, 2.05) is 48.5 Å². The van der Waals surface area contributed by atoms with Crippen molar-refractivity contribution in [3.05, 3.63) is 108 Å². The van der Waals surface area contributed by atoms with Gasteiger partial charge in [-0.3, -0.25) is 38.9 Å². The molecule has 3 heterocycles. The Labute approximate surface area is 502 Å². The van der Waals surface area contributed by atoms with E-state index in [0.29, 0.717) is 12.2 Å². The molecule has 3 aliphatic heterocycles. The fourth-order valence-corrected chi connectivity index (χ4v) is 10.8. The largest absolute Gasteiger partial charge is 0.508 e. The van der Waals surface area contributed by atoms with Crippen molar-refractivity contribution in [2.24, 2.45) is 5.92 Å². The van der Waals surface area contributed by atoms with E-state index < -0.39 is 171 Å². The molecule has 3 saturated heterocycles. The number of nitrogens with one attached hydrogen (secondary N) is 6. The third-order valence-electron chi connectivity index (χ3n) is 15.9. The number of rotatable bonds is 18. The lowest BCUT2D eigenvalue weighted by Gasteiger charge is -2.35. The Morgan fingerprint density at radius 3 is 1.72 bits per heavy atom. The zero-order valence-corrected chi connectivity index (χ0v) is 48.7. The summed E-state index contributed by atoms with van der Waals surface area (Å²) in [6.07, 6.45) is -13.1. The summed E-state index contributed by atoms with van der Waals surface area (Å²) in [6, 6.07) is 13.3. The zero-order valence-electron chi connectivity index (χ0n) is 48.7. The number of carbonyl (C=O) groups is 7. The van der Waals surface area contributed by atoms with Crippen LogP contribution in [0, 0.1) is 5.92 Å². The molecule has 16 N–H and O–H groups in total. The van der Waals surface area contributed by atoms with Crippen molar-refractivity contribution in [3.8, 4) is 33.8 Å². The molecule has 26 nitrogen and oxygen atoms in total. The highest BCUT2D eigenvalue weighted by Crippen LogP contribution is 2.30. The molecule has 0 radical (unpaired) electrons. The lowest BCUT2D eigenvalue weighted by atomic mass is 9.96. The fraction of sp³-hybridized carbons (Fsp3) is 0.492. The smallest absolute Gasteiger partial charge is 0.251 e. The summed E-state index contributed by atoms with van der Waals surface area (Å²) >= 11 is 0. The first-order valence-electron chi connectivity index (χ1n) is 29.0.